The summed E-state index contributed by atoms with van der Waals surface area (Å²) in [4.78, 5) is 2.35. The van der Waals surface area contributed by atoms with E-state index in [0.29, 0.717) is 0 Å². The third-order valence-corrected chi connectivity index (χ3v) is 7.90. The number of nitrogens with zero attached hydrogens (tertiary/aromatic N) is 1. The van der Waals surface area contributed by atoms with Crippen LogP contribution in [0.2, 0.25) is 5.02 Å². The van der Waals surface area contributed by atoms with Gasteiger partial charge in [-0.05, 0) is 75.8 Å². The number of anilines is 3. The summed E-state index contributed by atoms with van der Waals surface area (Å²) >= 11 is 10.4. The normalized spacial score (nSPS) is 17.2. The maximum absolute atomic E-state index is 6.64. The molecule has 34 heavy (non-hydrogen) atoms. The summed E-state index contributed by atoms with van der Waals surface area (Å²) < 4.78 is 1.08. The van der Waals surface area contributed by atoms with E-state index in [9.17, 15) is 0 Å². The van der Waals surface area contributed by atoms with Gasteiger partial charge in [0.05, 0.1) is 16.8 Å². The lowest BCUT2D eigenvalue weighted by molar-refractivity contribution is 0.752. The van der Waals surface area contributed by atoms with Gasteiger partial charge in [0.25, 0.3) is 0 Å². The first-order chi connectivity index (χ1) is 16.7. The molecule has 0 amide bonds. The molecule has 0 bridgehead atoms. The Hall–Kier alpha value is -3.33. The Morgan fingerprint density at radius 1 is 0.559 bits per heavy atom. The van der Waals surface area contributed by atoms with Gasteiger partial charge in [-0.1, -0.05) is 100 Å². The van der Waals surface area contributed by atoms with Crippen molar-refractivity contribution in [3.8, 4) is 11.1 Å². The summed E-state index contributed by atoms with van der Waals surface area (Å²) in [5.74, 6) is 0. The number of rotatable bonds is 1. The van der Waals surface area contributed by atoms with E-state index in [-0.39, 0.29) is 0 Å². The minimum absolute atomic E-state index is 0.433. The largest absolute Gasteiger partial charge is 0.310 e. The van der Waals surface area contributed by atoms with Crippen molar-refractivity contribution < 1.29 is 0 Å². The third-order valence-electron chi connectivity index (χ3n) is 7.17. The van der Waals surface area contributed by atoms with E-state index < -0.39 is 5.41 Å². The van der Waals surface area contributed by atoms with Crippen LogP contribution in [-0.4, -0.2) is 0 Å². The Kier molecular flexibility index (Phi) is 4.33. The molecule has 162 valence electrons. The molecule has 1 nitrogen and oxygen atoms in total. The van der Waals surface area contributed by atoms with Crippen molar-refractivity contribution in [1.29, 1.82) is 0 Å². The van der Waals surface area contributed by atoms with Gasteiger partial charge >= 0.3 is 0 Å². The highest BCUT2D eigenvalue weighted by atomic mass is 79.9. The van der Waals surface area contributed by atoms with Gasteiger partial charge in [0.2, 0.25) is 0 Å². The number of fused-ring (bicyclic) bond motifs is 9. The third kappa shape index (κ3) is 2.56. The highest BCUT2D eigenvalue weighted by molar-refractivity contribution is 9.10. The van der Waals surface area contributed by atoms with E-state index in [1.54, 1.807) is 0 Å². The molecule has 7 rings (SSSR count). The van der Waals surface area contributed by atoms with Gasteiger partial charge in [-0.3, -0.25) is 0 Å². The van der Waals surface area contributed by atoms with Gasteiger partial charge in [0, 0.05) is 15.2 Å². The number of hydrogen-bond acceptors (Lipinski definition) is 1. The summed E-state index contributed by atoms with van der Waals surface area (Å²) in [6.07, 6.45) is 0. The average molecular weight is 521 g/mol. The highest BCUT2D eigenvalue weighted by Gasteiger charge is 2.51. The standard InChI is InChI=1S/C31H19BrClN/c32-20-14-16-24-23-10-4-5-11-25(23)31(28(24)18-20)26-12-6-7-13-29(26)34(22-8-2-1-3-9-22)30-19-21(33)15-17-27(30)31/h1-19H. The van der Waals surface area contributed by atoms with Crippen LogP contribution in [0.15, 0.2) is 120 Å². The van der Waals surface area contributed by atoms with Gasteiger partial charge in [0.15, 0.2) is 0 Å². The van der Waals surface area contributed by atoms with Crippen molar-refractivity contribution in [1.82, 2.24) is 0 Å². The van der Waals surface area contributed by atoms with Crippen molar-refractivity contribution in [3.05, 3.63) is 147 Å². The van der Waals surface area contributed by atoms with Crippen LogP contribution >= 0.6 is 27.5 Å². The molecule has 2 aliphatic rings. The molecule has 1 atom stereocenters. The van der Waals surface area contributed by atoms with Crippen molar-refractivity contribution in [2.45, 2.75) is 5.41 Å². The molecule has 0 fully saturated rings. The first kappa shape index (κ1) is 20.1. The zero-order valence-electron chi connectivity index (χ0n) is 18.2. The van der Waals surface area contributed by atoms with E-state index in [0.717, 1.165) is 20.9 Å². The monoisotopic (exact) mass is 519 g/mol. The summed E-state index contributed by atoms with van der Waals surface area (Å²) in [6.45, 7) is 0. The molecule has 0 radical (unpaired) electrons. The molecule has 0 saturated heterocycles. The van der Waals surface area contributed by atoms with Gasteiger partial charge in [0.1, 0.15) is 0 Å². The molecule has 1 heterocycles. The maximum atomic E-state index is 6.64. The van der Waals surface area contributed by atoms with E-state index in [1.165, 1.54) is 39.1 Å². The van der Waals surface area contributed by atoms with Crippen LogP contribution in [0.3, 0.4) is 0 Å². The fourth-order valence-electron chi connectivity index (χ4n) is 5.95. The van der Waals surface area contributed by atoms with Crippen molar-refractivity contribution in [2.75, 3.05) is 4.90 Å². The Morgan fingerprint density at radius 2 is 1.24 bits per heavy atom. The van der Waals surface area contributed by atoms with Crippen molar-refractivity contribution >= 4 is 44.6 Å². The second-order valence-corrected chi connectivity index (χ2v) is 10.2. The van der Waals surface area contributed by atoms with E-state index >= 15 is 0 Å². The maximum Gasteiger partial charge on any atom is 0.0754 e. The smallest absolute Gasteiger partial charge is 0.0754 e. The van der Waals surface area contributed by atoms with Crippen molar-refractivity contribution in [3.63, 3.8) is 0 Å². The lowest BCUT2D eigenvalue weighted by Crippen LogP contribution is -2.36. The highest BCUT2D eigenvalue weighted by Crippen LogP contribution is 2.63. The Bertz CT molecular complexity index is 1590. The zero-order valence-corrected chi connectivity index (χ0v) is 20.5. The van der Waals surface area contributed by atoms with Crippen LogP contribution in [0, 0.1) is 0 Å². The molecule has 3 heteroatoms. The molecule has 5 aromatic rings. The Balaban J connectivity index is 1.68. The predicted molar refractivity (Wildman–Crippen MR) is 145 cm³/mol. The second kappa shape index (κ2) is 7.33. The molecular weight excluding hydrogens is 502 g/mol. The lowest BCUT2D eigenvalue weighted by Gasteiger charge is -2.45. The molecule has 0 saturated carbocycles. The van der Waals surface area contributed by atoms with E-state index in [2.05, 4.69) is 130 Å². The summed E-state index contributed by atoms with van der Waals surface area (Å²) in [6, 6.07) is 41.2. The first-order valence-electron chi connectivity index (χ1n) is 11.3. The minimum atomic E-state index is -0.433. The van der Waals surface area contributed by atoms with Gasteiger partial charge < -0.3 is 4.90 Å². The Morgan fingerprint density at radius 3 is 2.09 bits per heavy atom. The molecule has 1 spiro atoms. The van der Waals surface area contributed by atoms with Gasteiger partial charge in [-0.2, -0.15) is 0 Å². The summed E-state index contributed by atoms with van der Waals surface area (Å²) in [5.41, 5.74) is 10.7. The quantitative estimate of drug-likeness (QED) is 0.208. The fourth-order valence-corrected chi connectivity index (χ4v) is 6.48. The molecule has 1 unspecified atom stereocenters. The zero-order chi connectivity index (χ0) is 22.9. The fraction of sp³-hybridized carbons (Fsp3) is 0.0323. The van der Waals surface area contributed by atoms with E-state index in [1.807, 2.05) is 6.07 Å². The lowest BCUT2D eigenvalue weighted by atomic mass is 9.64. The SMILES string of the molecule is Clc1ccc2c(c1)N(c1ccccc1)c1ccccc1C21c2ccccc2-c2ccc(Br)cc21. The minimum Gasteiger partial charge on any atom is -0.310 e. The number of halogens is 2. The summed E-state index contributed by atoms with van der Waals surface area (Å²) in [5, 5.41) is 0.731. The van der Waals surface area contributed by atoms with Crippen LogP contribution in [0.1, 0.15) is 22.3 Å². The second-order valence-electron chi connectivity index (χ2n) is 8.84. The van der Waals surface area contributed by atoms with Crippen LogP contribution in [0.5, 0.6) is 0 Å². The number of para-hydroxylation sites is 2. The van der Waals surface area contributed by atoms with Crippen LogP contribution < -0.4 is 4.90 Å². The van der Waals surface area contributed by atoms with Crippen LogP contribution in [0.4, 0.5) is 17.1 Å². The first-order valence-corrected chi connectivity index (χ1v) is 12.5. The number of benzene rings is 5. The van der Waals surface area contributed by atoms with Gasteiger partial charge in [-0.15, -0.1) is 0 Å². The molecular formula is C31H19BrClN. The Labute approximate surface area is 212 Å². The van der Waals surface area contributed by atoms with Crippen LogP contribution in [-0.2, 0) is 5.41 Å². The number of hydrogen-bond donors (Lipinski definition) is 0. The molecule has 0 aromatic heterocycles. The molecule has 1 aliphatic heterocycles. The molecule has 5 aromatic carbocycles. The topological polar surface area (TPSA) is 3.24 Å². The molecule has 1 aliphatic carbocycles. The van der Waals surface area contributed by atoms with Gasteiger partial charge in [-0.25, -0.2) is 0 Å². The van der Waals surface area contributed by atoms with Crippen molar-refractivity contribution in [2.24, 2.45) is 0 Å². The predicted octanol–water partition coefficient (Wildman–Crippen LogP) is 9.25. The average Bonchev–Trinajstić information content (AvgIpc) is 3.15. The molecule has 0 N–H and O–H groups in total. The van der Waals surface area contributed by atoms with Crippen LogP contribution in [0.25, 0.3) is 11.1 Å². The summed E-state index contributed by atoms with van der Waals surface area (Å²) in [7, 11) is 0. The van der Waals surface area contributed by atoms with E-state index in [4.69, 9.17) is 11.6 Å².